The Hall–Kier alpha value is -3.60. The first-order chi connectivity index (χ1) is 15.9. The van der Waals surface area contributed by atoms with E-state index in [-0.39, 0.29) is 23.3 Å². The number of hydrogen-bond acceptors (Lipinski definition) is 6. The quantitative estimate of drug-likeness (QED) is 0.309. The number of nitro groups is 1. The fourth-order valence-electron chi connectivity index (χ4n) is 2.95. The average molecular weight is 472 g/mol. The molecule has 0 bridgehead atoms. The van der Waals surface area contributed by atoms with Crippen molar-refractivity contribution in [3.63, 3.8) is 0 Å². The number of benzene rings is 2. The Morgan fingerprint density at radius 2 is 1.76 bits per heavy atom. The van der Waals surface area contributed by atoms with Gasteiger partial charge in [0, 0.05) is 35.1 Å². The molecule has 0 radical (unpaired) electrons. The minimum atomic E-state index is -0.827. The predicted octanol–water partition coefficient (Wildman–Crippen LogP) is 3.37. The highest BCUT2D eigenvalue weighted by molar-refractivity contribution is 7.98. The first-order valence-corrected chi connectivity index (χ1v) is 11.8. The highest BCUT2D eigenvalue weighted by Gasteiger charge is 2.24. The van der Waals surface area contributed by atoms with Gasteiger partial charge in [-0.1, -0.05) is 6.07 Å². The maximum absolute atomic E-state index is 12.8. The summed E-state index contributed by atoms with van der Waals surface area (Å²) in [5.41, 5.74) is 0.995. The van der Waals surface area contributed by atoms with Crippen LogP contribution in [0, 0.1) is 10.1 Å². The van der Waals surface area contributed by atoms with E-state index in [0.717, 1.165) is 12.8 Å². The molecule has 1 saturated carbocycles. The summed E-state index contributed by atoms with van der Waals surface area (Å²) in [5.74, 6) is -0.345. The molecular formula is C22H25N5O5S. The number of non-ortho nitro benzene ring substituents is 1. The second kappa shape index (κ2) is 11.3. The van der Waals surface area contributed by atoms with Crippen molar-refractivity contribution in [2.75, 3.05) is 22.6 Å². The van der Waals surface area contributed by atoms with Crippen LogP contribution in [0.15, 0.2) is 48.5 Å². The van der Waals surface area contributed by atoms with E-state index in [4.69, 9.17) is 0 Å². The highest BCUT2D eigenvalue weighted by Crippen LogP contribution is 2.19. The molecule has 1 unspecified atom stereocenters. The zero-order valence-electron chi connectivity index (χ0n) is 18.0. The maximum Gasteiger partial charge on any atom is 0.319 e. The van der Waals surface area contributed by atoms with Crippen LogP contribution in [0.3, 0.4) is 0 Å². The van der Waals surface area contributed by atoms with Crippen molar-refractivity contribution in [1.82, 2.24) is 10.6 Å². The number of thioether (sulfide) groups is 1. The molecule has 1 aliphatic rings. The van der Waals surface area contributed by atoms with E-state index in [0.29, 0.717) is 23.5 Å². The smallest absolute Gasteiger partial charge is 0.319 e. The van der Waals surface area contributed by atoms with Gasteiger partial charge in [-0.15, -0.1) is 0 Å². The van der Waals surface area contributed by atoms with Crippen molar-refractivity contribution in [3.05, 3.63) is 64.2 Å². The van der Waals surface area contributed by atoms with Gasteiger partial charge >= 0.3 is 6.03 Å². The van der Waals surface area contributed by atoms with Gasteiger partial charge < -0.3 is 21.3 Å². The molecule has 0 aromatic heterocycles. The molecule has 10 nitrogen and oxygen atoms in total. The van der Waals surface area contributed by atoms with Crippen LogP contribution in [0.1, 0.15) is 29.6 Å². The molecule has 33 heavy (non-hydrogen) atoms. The van der Waals surface area contributed by atoms with Crippen LogP contribution in [0.5, 0.6) is 0 Å². The Labute approximate surface area is 195 Å². The SMILES string of the molecule is CSCCC(NC(=O)c1cccc([N+](=O)[O-])c1)C(=O)Nc1ccc(NC(=O)NC2CC2)cc1. The molecule has 3 rings (SSSR count). The van der Waals surface area contributed by atoms with Gasteiger partial charge in [-0.05, 0) is 61.6 Å². The average Bonchev–Trinajstić information content (AvgIpc) is 3.61. The standard InChI is InChI=1S/C22H25N5O5S/c1-33-12-11-19(26-20(28)14-3-2-4-18(13-14)27(31)32)21(29)23-15-5-7-16(8-6-15)24-22(30)25-17-9-10-17/h2-8,13,17,19H,9-12H2,1H3,(H,23,29)(H,26,28)(H2,24,25,30). The van der Waals surface area contributed by atoms with Crippen molar-refractivity contribution in [2.24, 2.45) is 0 Å². The molecule has 0 heterocycles. The first-order valence-electron chi connectivity index (χ1n) is 10.4. The molecule has 2 aromatic rings. The van der Waals surface area contributed by atoms with E-state index in [9.17, 15) is 24.5 Å². The molecule has 1 atom stereocenters. The van der Waals surface area contributed by atoms with E-state index < -0.39 is 22.8 Å². The molecule has 4 N–H and O–H groups in total. The number of urea groups is 1. The van der Waals surface area contributed by atoms with Crippen molar-refractivity contribution < 1.29 is 19.3 Å². The molecule has 174 valence electrons. The number of anilines is 2. The number of nitrogens with one attached hydrogen (secondary N) is 4. The maximum atomic E-state index is 12.8. The number of hydrogen-bond donors (Lipinski definition) is 4. The fraction of sp³-hybridized carbons (Fsp3) is 0.318. The summed E-state index contributed by atoms with van der Waals surface area (Å²) in [6.45, 7) is 0. The minimum absolute atomic E-state index is 0.103. The number of carbonyl (C=O) groups excluding carboxylic acids is 3. The van der Waals surface area contributed by atoms with Gasteiger partial charge in [0.25, 0.3) is 11.6 Å². The highest BCUT2D eigenvalue weighted by atomic mass is 32.2. The third kappa shape index (κ3) is 7.49. The topological polar surface area (TPSA) is 142 Å². The van der Waals surface area contributed by atoms with Gasteiger partial charge in [0.2, 0.25) is 5.91 Å². The summed E-state index contributed by atoms with van der Waals surface area (Å²) in [7, 11) is 0. The van der Waals surface area contributed by atoms with Crippen LogP contribution >= 0.6 is 11.8 Å². The summed E-state index contributed by atoms with van der Waals surface area (Å²) in [5, 5.41) is 21.9. The third-order valence-electron chi connectivity index (χ3n) is 4.87. The van der Waals surface area contributed by atoms with Crippen molar-refractivity contribution in [2.45, 2.75) is 31.3 Å². The van der Waals surface area contributed by atoms with Crippen LogP contribution in [-0.2, 0) is 4.79 Å². The lowest BCUT2D eigenvalue weighted by Gasteiger charge is -2.18. The number of nitrogens with zero attached hydrogens (tertiary/aromatic N) is 1. The van der Waals surface area contributed by atoms with E-state index in [1.807, 2.05) is 6.26 Å². The molecule has 2 aromatic carbocycles. The number of rotatable bonds is 10. The largest absolute Gasteiger partial charge is 0.340 e. The zero-order chi connectivity index (χ0) is 23.8. The van der Waals surface area contributed by atoms with Crippen LogP contribution in [-0.4, -0.2) is 46.9 Å². The zero-order valence-corrected chi connectivity index (χ0v) is 18.8. The van der Waals surface area contributed by atoms with E-state index >= 15 is 0 Å². The minimum Gasteiger partial charge on any atom is -0.340 e. The van der Waals surface area contributed by atoms with Gasteiger partial charge in [-0.2, -0.15) is 11.8 Å². The Kier molecular flexibility index (Phi) is 8.25. The molecule has 0 aliphatic heterocycles. The van der Waals surface area contributed by atoms with Crippen molar-refractivity contribution >= 4 is 46.7 Å². The molecule has 1 aliphatic carbocycles. The van der Waals surface area contributed by atoms with Gasteiger partial charge in [-0.25, -0.2) is 4.79 Å². The molecule has 1 fully saturated rings. The predicted molar refractivity (Wildman–Crippen MR) is 128 cm³/mol. The summed E-state index contributed by atoms with van der Waals surface area (Å²) in [6.07, 6.45) is 4.26. The summed E-state index contributed by atoms with van der Waals surface area (Å²) in [4.78, 5) is 47.6. The second-order valence-electron chi connectivity index (χ2n) is 7.55. The number of nitro benzene ring substituents is 1. The summed E-state index contributed by atoms with van der Waals surface area (Å²) in [6, 6.07) is 11.1. The number of amides is 4. The lowest BCUT2D eigenvalue weighted by molar-refractivity contribution is -0.384. The molecular weight excluding hydrogens is 446 g/mol. The first kappa shape index (κ1) is 24.1. The Morgan fingerprint density at radius 1 is 1.09 bits per heavy atom. The van der Waals surface area contributed by atoms with Gasteiger partial charge in [0.05, 0.1) is 4.92 Å². The Morgan fingerprint density at radius 3 is 2.36 bits per heavy atom. The van der Waals surface area contributed by atoms with Crippen LogP contribution in [0.2, 0.25) is 0 Å². The van der Waals surface area contributed by atoms with Crippen LogP contribution < -0.4 is 21.3 Å². The number of carbonyl (C=O) groups is 3. The fourth-order valence-corrected chi connectivity index (χ4v) is 3.42. The Balaban J connectivity index is 1.61. The van der Waals surface area contributed by atoms with Gasteiger partial charge in [-0.3, -0.25) is 19.7 Å². The third-order valence-corrected chi connectivity index (χ3v) is 5.52. The van der Waals surface area contributed by atoms with Gasteiger partial charge in [0.1, 0.15) is 6.04 Å². The molecule has 0 saturated heterocycles. The van der Waals surface area contributed by atoms with Crippen LogP contribution in [0.25, 0.3) is 0 Å². The van der Waals surface area contributed by atoms with Crippen molar-refractivity contribution in [1.29, 1.82) is 0 Å². The van der Waals surface area contributed by atoms with Gasteiger partial charge in [0.15, 0.2) is 0 Å². The Bertz CT molecular complexity index is 1030. The summed E-state index contributed by atoms with van der Waals surface area (Å²) >= 11 is 1.53. The van der Waals surface area contributed by atoms with Crippen LogP contribution in [0.4, 0.5) is 21.9 Å². The molecule has 0 spiro atoms. The molecule has 4 amide bonds. The summed E-state index contributed by atoms with van der Waals surface area (Å²) < 4.78 is 0. The van der Waals surface area contributed by atoms with E-state index in [2.05, 4.69) is 21.3 Å². The monoisotopic (exact) mass is 471 g/mol. The van der Waals surface area contributed by atoms with E-state index in [1.54, 1.807) is 24.3 Å². The van der Waals surface area contributed by atoms with E-state index in [1.165, 1.54) is 36.0 Å². The lowest BCUT2D eigenvalue weighted by Crippen LogP contribution is -2.44. The lowest BCUT2D eigenvalue weighted by atomic mass is 10.1. The normalized spacial score (nSPS) is 13.5. The second-order valence-corrected chi connectivity index (χ2v) is 8.54. The van der Waals surface area contributed by atoms with Crippen molar-refractivity contribution in [3.8, 4) is 0 Å². The molecule has 11 heteroatoms.